The first kappa shape index (κ1) is 13.5. The third-order valence-electron chi connectivity index (χ3n) is 6.53. The highest BCUT2D eigenvalue weighted by Gasteiger charge is 2.52. The molecule has 5 aliphatic rings. The van der Waals surface area contributed by atoms with Crippen molar-refractivity contribution < 1.29 is 13.3 Å². The molecule has 20 heavy (non-hydrogen) atoms. The zero-order chi connectivity index (χ0) is 13.9. The number of piperazine rings is 1. The Hall–Kier alpha value is -0.130. The molecule has 0 amide bonds. The minimum absolute atomic E-state index is 0.733. The van der Waals surface area contributed by atoms with Crippen molar-refractivity contribution in [1.29, 1.82) is 0 Å². The summed E-state index contributed by atoms with van der Waals surface area (Å²) in [5.74, 6) is 3.97. The van der Waals surface area contributed by atoms with Crippen molar-refractivity contribution in [3.63, 3.8) is 0 Å². The molecule has 5 rings (SSSR count). The standard InChI is InChI=1S/C15H26N2O2S/c1-20(18,19)17-4-2-16(3-5-17)15-13-7-11-6-12(9-13)10-14(15)8-11/h11-15H,2-10H2,1H3/p+1. The van der Waals surface area contributed by atoms with E-state index in [1.54, 1.807) is 9.21 Å². The van der Waals surface area contributed by atoms with E-state index in [1.165, 1.54) is 38.4 Å². The zero-order valence-electron chi connectivity index (χ0n) is 12.4. The van der Waals surface area contributed by atoms with Crippen LogP contribution in [0.25, 0.3) is 0 Å². The van der Waals surface area contributed by atoms with E-state index in [-0.39, 0.29) is 0 Å². The van der Waals surface area contributed by atoms with Gasteiger partial charge >= 0.3 is 0 Å². The molecule has 0 atom stereocenters. The molecular weight excluding hydrogens is 272 g/mol. The van der Waals surface area contributed by atoms with Crippen molar-refractivity contribution in [2.45, 2.75) is 38.1 Å². The SMILES string of the molecule is CS(=O)(=O)N1CC[NH+](C2C3CC4CC(C3)CC2C4)CC1. The lowest BCUT2D eigenvalue weighted by molar-refractivity contribution is -0.939. The number of hydrogen-bond donors (Lipinski definition) is 1. The van der Waals surface area contributed by atoms with E-state index in [1.807, 2.05) is 0 Å². The Labute approximate surface area is 122 Å². The Kier molecular flexibility index (Phi) is 3.17. The van der Waals surface area contributed by atoms with Gasteiger partial charge in [0.05, 0.1) is 38.5 Å². The average Bonchev–Trinajstić information content (AvgIpc) is 2.37. The molecule has 1 saturated heterocycles. The lowest BCUT2D eigenvalue weighted by atomic mass is 9.54. The van der Waals surface area contributed by atoms with Gasteiger partial charge in [-0.15, -0.1) is 0 Å². The maximum Gasteiger partial charge on any atom is 0.211 e. The van der Waals surface area contributed by atoms with Gasteiger partial charge in [0.1, 0.15) is 0 Å². The quantitative estimate of drug-likeness (QED) is 0.778. The number of nitrogens with zero attached hydrogens (tertiary/aromatic N) is 1. The second kappa shape index (κ2) is 4.68. The third-order valence-corrected chi connectivity index (χ3v) is 7.83. The van der Waals surface area contributed by atoms with Crippen LogP contribution >= 0.6 is 0 Å². The summed E-state index contributed by atoms with van der Waals surface area (Å²) in [6.45, 7) is 3.52. The Morgan fingerprint density at radius 3 is 1.85 bits per heavy atom. The molecule has 4 saturated carbocycles. The lowest BCUT2D eigenvalue weighted by Crippen LogP contribution is -3.20. The summed E-state index contributed by atoms with van der Waals surface area (Å²) in [4.78, 5) is 1.72. The van der Waals surface area contributed by atoms with E-state index >= 15 is 0 Å². The average molecular weight is 299 g/mol. The fourth-order valence-corrected chi connectivity index (χ4v) is 6.88. The first-order valence-electron chi connectivity index (χ1n) is 8.30. The predicted octanol–water partition coefficient (Wildman–Crippen LogP) is -0.0288. The molecule has 5 fully saturated rings. The second-order valence-corrected chi connectivity index (χ2v) is 9.76. The van der Waals surface area contributed by atoms with Gasteiger partial charge in [0.15, 0.2) is 0 Å². The van der Waals surface area contributed by atoms with Gasteiger partial charge < -0.3 is 4.90 Å². The van der Waals surface area contributed by atoms with Crippen molar-refractivity contribution >= 4 is 10.0 Å². The molecule has 0 unspecified atom stereocenters. The van der Waals surface area contributed by atoms with Gasteiger partial charge in [-0.1, -0.05) is 0 Å². The summed E-state index contributed by atoms with van der Waals surface area (Å²) < 4.78 is 24.9. The van der Waals surface area contributed by atoms with Gasteiger partial charge in [-0.25, -0.2) is 8.42 Å². The van der Waals surface area contributed by atoms with Crippen molar-refractivity contribution in [2.75, 3.05) is 32.4 Å². The summed E-state index contributed by atoms with van der Waals surface area (Å²) in [6, 6.07) is 0.851. The molecule has 1 N–H and O–H groups in total. The fraction of sp³-hybridized carbons (Fsp3) is 1.00. The molecule has 4 nitrogen and oxygen atoms in total. The number of nitrogens with one attached hydrogen (secondary N) is 1. The van der Waals surface area contributed by atoms with Crippen LogP contribution in [0.5, 0.6) is 0 Å². The zero-order valence-corrected chi connectivity index (χ0v) is 13.2. The molecule has 0 aromatic heterocycles. The largest absolute Gasteiger partial charge is 0.330 e. The minimum Gasteiger partial charge on any atom is -0.330 e. The maximum absolute atomic E-state index is 11.6. The molecule has 1 heterocycles. The maximum atomic E-state index is 11.6. The monoisotopic (exact) mass is 299 g/mol. The van der Waals surface area contributed by atoms with Crippen LogP contribution in [-0.2, 0) is 10.0 Å². The molecule has 0 aromatic rings. The van der Waals surface area contributed by atoms with Crippen LogP contribution in [0, 0.1) is 23.7 Å². The molecule has 0 radical (unpaired) electrons. The Morgan fingerprint density at radius 1 is 0.900 bits per heavy atom. The van der Waals surface area contributed by atoms with Crippen LogP contribution in [0.1, 0.15) is 32.1 Å². The van der Waals surface area contributed by atoms with Gasteiger partial charge in [0, 0.05) is 11.8 Å². The molecule has 4 aliphatic carbocycles. The van der Waals surface area contributed by atoms with E-state index in [0.29, 0.717) is 0 Å². The normalized spacial score (nSPS) is 46.0. The summed E-state index contributed by atoms with van der Waals surface area (Å²) in [5, 5.41) is 0. The van der Waals surface area contributed by atoms with Crippen molar-refractivity contribution in [1.82, 2.24) is 4.31 Å². The summed E-state index contributed by atoms with van der Waals surface area (Å²) in [5.41, 5.74) is 0. The molecule has 0 aromatic carbocycles. The molecule has 4 bridgehead atoms. The second-order valence-electron chi connectivity index (χ2n) is 7.78. The fourth-order valence-electron chi connectivity index (χ4n) is 6.03. The highest BCUT2D eigenvalue weighted by atomic mass is 32.2. The van der Waals surface area contributed by atoms with Crippen molar-refractivity contribution in [2.24, 2.45) is 23.7 Å². The van der Waals surface area contributed by atoms with E-state index in [4.69, 9.17) is 0 Å². The highest BCUT2D eigenvalue weighted by molar-refractivity contribution is 7.88. The minimum atomic E-state index is -2.98. The van der Waals surface area contributed by atoms with Gasteiger partial charge in [0.2, 0.25) is 10.0 Å². The molecule has 114 valence electrons. The Bertz CT molecular complexity index is 454. The van der Waals surface area contributed by atoms with Crippen LogP contribution in [0.3, 0.4) is 0 Å². The molecule has 0 spiro atoms. The summed E-state index contributed by atoms with van der Waals surface area (Å²) in [6.07, 6.45) is 8.74. The molecule has 1 aliphatic heterocycles. The first-order chi connectivity index (χ1) is 9.50. The number of sulfonamides is 1. The van der Waals surface area contributed by atoms with Crippen LogP contribution < -0.4 is 4.90 Å². The Balaban J connectivity index is 1.45. The van der Waals surface area contributed by atoms with E-state index in [0.717, 1.165) is 55.9 Å². The van der Waals surface area contributed by atoms with Gasteiger partial charge in [-0.3, -0.25) is 0 Å². The van der Waals surface area contributed by atoms with E-state index in [9.17, 15) is 8.42 Å². The molecular formula is C15H27N2O2S+. The Morgan fingerprint density at radius 2 is 1.40 bits per heavy atom. The molecule has 5 heteroatoms. The van der Waals surface area contributed by atoms with Gasteiger partial charge in [-0.05, 0) is 43.9 Å². The highest BCUT2D eigenvalue weighted by Crippen LogP contribution is 2.52. The first-order valence-corrected chi connectivity index (χ1v) is 10.1. The van der Waals surface area contributed by atoms with Crippen molar-refractivity contribution in [3.8, 4) is 0 Å². The van der Waals surface area contributed by atoms with Crippen LogP contribution in [0.2, 0.25) is 0 Å². The third kappa shape index (κ3) is 2.22. The number of quaternary nitrogens is 1. The number of rotatable bonds is 2. The smallest absolute Gasteiger partial charge is 0.211 e. The van der Waals surface area contributed by atoms with Crippen LogP contribution in [0.15, 0.2) is 0 Å². The van der Waals surface area contributed by atoms with Crippen LogP contribution in [-0.4, -0.2) is 51.2 Å². The predicted molar refractivity (Wildman–Crippen MR) is 77.9 cm³/mol. The lowest BCUT2D eigenvalue weighted by Gasteiger charge is -2.56. The van der Waals surface area contributed by atoms with Gasteiger partial charge in [0.25, 0.3) is 0 Å². The van der Waals surface area contributed by atoms with E-state index in [2.05, 4.69) is 0 Å². The van der Waals surface area contributed by atoms with Gasteiger partial charge in [-0.2, -0.15) is 4.31 Å². The van der Waals surface area contributed by atoms with E-state index < -0.39 is 10.0 Å². The van der Waals surface area contributed by atoms with Crippen molar-refractivity contribution in [3.05, 3.63) is 0 Å². The topological polar surface area (TPSA) is 41.8 Å². The summed E-state index contributed by atoms with van der Waals surface area (Å²) in [7, 11) is -2.98. The summed E-state index contributed by atoms with van der Waals surface area (Å²) >= 11 is 0. The number of hydrogen-bond acceptors (Lipinski definition) is 2. The van der Waals surface area contributed by atoms with Crippen LogP contribution in [0.4, 0.5) is 0 Å².